The fraction of sp³-hybridized carbons (Fsp3) is 0.738. The Morgan fingerprint density at radius 1 is 0.946 bits per heavy atom. The number of methoxy groups -OCH3 is 3. The number of carbonyl (C=O) groups excluding carboxylic acids is 4. The summed E-state index contributed by atoms with van der Waals surface area (Å²) in [5.41, 5.74) is 1.28. The molecule has 56 heavy (non-hydrogen) atoms. The van der Waals surface area contributed by atoms with E-state index in [-0.39, 0.29) is 66.2 Å². The molecule has 1 heterocycles. The van der Waals surface area contributed by atoms with Crippen molar-refractivity contribution >= 4 is 29.3 Å². The molecule has 4 amide bonds. The Hall–Kier alpha value is -3.46. The third-order valence-corrected chi connectivity index (χ3v) is 11.6. The number of likely N-dealkylation sites (N-methyl/N-ethyl adjacent to an activating group) is 2. The fourth-order valence-electron chi connectivity index (χ4n) is 8.14. The minimum atomic E-state index is -0.792. The molecule has 0 aromatic heterocycles. The molecular formula is C42H71FN6O7. The number of hydrogen-bond donors (Lipinski definition) is 3. The Morgan fingerprint density at radius 3 is 2.05 bits per heavy atom. The Bertz CT molecular complexity index is 1480. The van der Waals surface area contributed by atoms with Crippen LogP contribution in [0.4, 0.5) is 4.39 Å². The molecule has 1 aliphatic rings. The van der Waals surface area contributed by atoms with Gasteiger partial charge in [0.05, 0.1) is 60.5 Å². The van der Waals surface area contributed by atoms with E-state index in [2.05, 4.69) is 10.6 Å². The average Bonchev–Trinajstić information content (AvgIpc) is 3.56. The molecule has 14 heteroatoms. The summed E-state index contributed by atoms with van der Waals surface area (Å²) in [5.74, 6) is -2.42. The largest absolute Gasteiger partial charge is 0.380 e. The first-order valence-electron chi connectivity index (χ1n) is 19.9. The van der Waals surface area contributed by atoms with Crippen LogP contribution in [0.1, 0.15) is 85.8 Å². The topological polar surface area (TPSA) is 154 Å². The second-order valence-corrected chi connectivity index (χ2v) is 16.5. The number of benzene rings is 1. The van der Waals surface area contributed by atoms with E-state index in [1.165, 1.54) is 32.4 Å². The highest BCUT2D eigenvalue weighted by Crippen LogP contribution is 2.31. The maximum atomic E-state index is 14.4. The van der Waals surface area contributed by atoms with Crippen molar-refractivity contribution < 1.29 is 37.8 Å². The smallest absolute Gasteiger partial charge is 0.245 e. The maximum absolute atomic E-state index is 14.4. The van der Waals surface area contributed by atoms with E-state index >= 15 is 0 Å². The van der Waals surface area contributed by atoms with Crippen LogP contribution in [-0.4, -0.2) is 142 Å². The number of aryl methyl sites for hydroxylation is 1. The van der Waals surface area contributed by atoms with Crippen molar-refractivity contribution in [2.24, 2.45) is 23.7 Å². The average molecular weight is 791 g/mol. The molecule has 0 aliphatic carbocycles. The van der Waals surface area contributed by atoms with Gasteiger partial charge >= 0.3 is 0 Å². The van der Waals surface area contributed by atoms with E-state index in [0.29, 0.717) is 24.0 Å². The van der Waals surface area contributed by atoms with Crippen LogP contribution in [0.2, 0.25) is 0 Å². The quantitative estimate of drug-likeness (QED) is 0.156. The monoisotopic (exact) mass is 791 g/mol. The highest BCUT2D eigenvalue weighted by Gasteiger charge is 2.46. The SMILES string of the molecule is CC[C@H](C)[C@@H]([C@@H](CC(=O)N1C[C@H](OC)CC1[C@H](OC)[C@@H](C)C(=O)N[C@H](C)C(=N)c1ccc(F)cc1C)OC)N(C)C(=O)[C@@H](NC(=O)[C@H](C(C)C)N(C)C)C(C)C. The number of nitrogens with one attached hydrogen (secondary N) is 3. The summed E-state index contributed by atoms with van der Waals surface area (Å²) < 4.78 is 31.4. The van der Waals surface area contributed by atoms with E-state index in [1.807, 2.05) is 60.5 Å². The lowest BCUT2D eigenvalue weighted by Crippen LogP contribution is -2.59. The minimum absolute atomic E-state index is 0.0277. The summed E-state index contributed by atoms with van der Waals surface area (Å²) in [6.45, 7) is 17.2. The summed E-state index contributed by atoms with van der Waals surface area (Å²) >= 11 is 0. The van der Waals surface area contributed by atoms with Gasteiger partial charge in [-0.3, -0.25) is 24.1 Å². The second-order valence-electron chi connectivity index (χ2n) is 16.5. The molecule has 1 aromatic carbocycles. The van der Waals surface area contributed by atoms with E-state index in [0.717, 1.165) is 0 Å². The van der Waals surface area contributed by atoms with Crippen molar-refractivity contribution in [3.63, 3.8) is 0 Å². The molecule has 0 radical (unpaired) electrons. The molecule has 1 aromatic rings. The number of carbonyl (C=O) groups is 4. The van der Waals surface area contributed by atoms with Crippen molar-refractivity contribution in [3.05, 3.63) is 35.1 Å². The van der Waals surface area contributed by atoms with Gasteiger partial charge in [0.2, 0.25) is 23.6 Å². The van der Waals surface area contributed by atoms with E-state index in [1.54, 1.807) is 44.7 Å². The predicted molar refractivity (Wildman–Crippen MR) is 217 cm³/mol. The van der Waals surface area contributed by atoms with Crippen molar-refractivity contribution in [3.8, 4) is 0 Å². The van der Waals surface area contributed by atoms with Gasteiger partial charge in [0.15, 0.2) is 0 Å². The zero-order chi connectivity index (χ0) is 42.8. The number of hydrogen-bond acceptors (Lipinski definition) is 9. The Balaban J connectivity index is 2.34. The molecule has 1 unspecified atom stereocenters. The molecule has 2 rings (SSSR count). The number of likely N-dealkylation sites (tertiary alicyclic amines) is 1. The van der Waals surface area contributed by atoms with Crippen LogP contribution < -0.4 is 10.6 Å². The van der Waals surface area contributed by atoms with Crippen LogP contribution in [0.25, 0.3) is 0 Å². The van der Waals surface area contributed by atoms with E-state index < -0.39 is 54.2 Å². The number of nitrogens with zero attached hydrogens (tertiary/aromatic N) is 3. The lowest BCUT2D eigenvalue weighted by atomic mass is 9.89. The number of halogens is 1. The van der Waals surface area contributed by atoms with Gasteiger partial charge in [-0.25, -0.2) is 4.39 Å². The second kappa shape index (κ2) is 21.9. The fourth-order valence-corrected chi connectivity index (χ4v) is 8.14. The number of amides is 4. The van der Waals surface area contributed by atoms with Gasteiger partial charge in [0, 0.05) is 40.5 Å². The Kier molecular flexibility index (Phi) is 19.0. The molecule has 13 nitrogen and oxygen atoms in total. The molecular weight excluding hydrogens is 719 g/mol. The van der Waals surface area contributed by atoms with Crippen LogP contribution in [0, 0.1) is 41.8 Å². The lowest BCUT2D eigenvalue weighted by molar-refractivity contribution is -0.148. The zero-order valence-electron chi connectivity index (χ0n) is 36.6. The molecule has 1 fully saturated rings. The standard InChI is InChI=1S/C42H71FN6O7/c1-16-25(6)38(48(12)42(53)36(23(2)3)46-41(52)37(24(4)5)47(10)11)33(55-14)21-34(50)49-22-30(54-13)20-32(49)39(56-15)27(8)40(51)45-28(9)35(44)31-18-17-29(43)19-26(31)7/h17-19,23-25,27-28,30,32-33,36-39,44H,16,20-22H2,1-15H3,(H,45,51)(H,46,52)/t25-,27+,28+,30+,32?,33+,36-,37-,38-,39+/m0/s1. The van der Waals surface area contributed by atoms with Crippen LogP contribution in [-0.2, 0) is 33.4 Å². The summed E-state index contributed by atoms with van der Waals surface area (Å²) in [4.78, 5) is 61.0. The third kappa shape index (κ3) is 12.0. The summed E-state index contributed by atoms with van der Waals surface area (Å²) in [6.07, 6.45) is -0.607. The van der Waals surface area contributed by atoms with Crippen LogP contribution >= 0.6 is 0 Å². The highest BCUT2D eigenvalue weighted by atomic mass is 19.1. The van der Waals surface area contributed by atoms with Gasteiger partial charge in [-0.15, -0.1) is 0 Å². The van der Waals surface area contributed by atoms with Crippen molar-refractivity contribution in [2.75, 3.05) is 49.0 Å². The first-order valence-corrected chi connectivity index (χ1v) is 19.9. The number of rotatable bonds is 21. The van der Waals surface area contributed by atoms with E-state index in [9.17, 15) is 23.6 Å². The molecule has 1 aliphatic heterocycles. The van der Waals surface area contributed by atoms with Crippen LogP contribution in [0.3, 0.4) is 0 Å². The van der Waals surface area contributed by atoms with Crippen molar-refractivity contribution in [2.45, 2.75) is 130 Å². The van der Waals surface area contributed by atoms with Crippen molar-refractivity contribution in [1.82, 2.24) is 25.3 Å². The molecule has 1 saturated heterocycles. The maximum Gasteiger partial charge on any atom is 0.245 e. The molecule has 0 saturated carbocycles. The zero-order valence-corrected chi connectivity index (χ0v) is 36.6. The molecule has 10 atom stereocenters. The lowest BCUT2D eigenvalue weighted by Gasteiger charge is -2.41. The van der Waals surface area contributed by atoms with Gasteiger partial charge in [-0.1, -0.05) is 54.9 Å². The first-order chi connectivity index (χ1) is 26.2. The van der Waals surface area contributed by atoms with Gasteiger partial charge in [-0.2, -0.15) is 0 Å². The summed E-state index contributed by atoms with van der Waals surface area (Å²) in [6, 6.07) is 1.28. The number of ether oxygens (including phenoxy) is 3. The van der Waals surface area contributed by atoms with E-state index in [4.69, 9.17) is 19.6 Å². The van der Waals surface area contributed by atoms with Crippen LogP contribution in [0.5, 0.6) is 0 Å². The van der Waals surface area contributed by atoms with Crippen LogP contribution in [0.15, 0.2) is 18.2 Å². The normalized spacial score (nSPS) is 20.2. The first kappa shape index (κ1) is 48.7. The predicted octanol–water partition coefficient (Wildman–Crippen LogP) is 4.28. The third-order valence-electron chi connectivity index (χ3n) is 11.6. The molecule has 0 bridgehead atoms. The molecule has 318 valence electrons. The van der Waals surface area contributed by atoms with Gasteiger partial charge in [-0.05, 0) is 75.9 Å². The summed E-state index contributed by atoms with van der Waals surface area (Å²) in [5, 5.41) is 14.6. The van der Waals surface area contributed by atoms with Gasteiger partial charge in [0.1, 0.15) is 11.9 Å². The minimum Gasteiger partial charge on any atom is -0.380 e. The van der Waals surface area contributed by atoms with Gasteiger partial charge < -0.3 is 40.1 Å². The Morgan fingerprint density at radius 2 is 1.57 bits per heavy atom. The Labute approximate surface area is 335 Å². The molecule has 0 spiro atoms. The van der Waals surface area contributed by atoms with Crippen molar-refractivity contribution in [1.29, 1.82) is 5.41 Å². The summed E-state index contributed by atoms with van der Waals surface area (Å²) in [7, 11) is 10.0. The van der Waals surface area contributed by atoms with Gasteiger partial charge in [0.25, 0.3) is 0 Å². The molecule has 3 N–H and O–H groups in total. The highest BCUT2D eigenvalue weighted by molar-refractivity contribution is 6.04.